The zero-order valence-corrected chi connectivity index (χ0v) is 12.0. The lowest BCUT2D eigenvalue weighted by Gasteiger charge is -2.09. The smallest absolute Gasteiger partial charge is 0.120 e. The lowest BCUT2D eigenvalue weighted by molar-refractivity contribution is 0.317. The van der Waals surface area contributed by atoms with Crippen LogP contribution in [-0.2, 0) is 6.54 Å². The summed E-state index contributed by atoms with van der Waals surface area (Å²) in [5.74, 6) is 1.22. The molecule has 0 atom stereocenters. The van der Waals surface area contributed by atoms with Gasteiger partial charge in [0, 0.05) is 18.3 Å². The first kappa shape index (κ1) is 14.3. The number of phenols is 1. The summed E-state index contributed by atoms with van der Waals surface area (Å²) in [4.78, 5) is 0. The molecule has 0 unspecified atom stereocenters. The molecule has 0 amide bonds. The van der Waals surface area contributed by atoms with Crippen LogP contribution in [0, 0.1) is 6.92 Å². The lowest BCUT2D eigenvalue weighted by Crippen LogP contribution is -2.00. The number of rotatable bonds is 6. The van der Waals surface area contributed by atoms with Crippen LogP contribution < -0.4 is 10.1 Å². The highest BCUT2D eigenvalue weighted by atomic mass is 16.5. The normalized spacial score (nSPS) is 10.3. The van der Waals surface area contributed by atoms with E-state index >= 15 is 0 Å². The molecule has 0 fully saturated rings. The highest BCUT2D eigenvalue weighted by Gasteiger charge is 1.99. The van der Waals surface area contributed by atoms with E-state index in [1.807, 2.05) is 43.3 Å². The molecular weight excluding hydrogens is 250 g/mol. The number of nitrogens with one attached hydrogen (secondary N) is 1. The maximum Gasteiger partial charge on any atom is 0.120 e. The summed E-state index contributed by atoms with van der Waals surface area (Å²) in [5.41, 5.74) is 2.97. The maximum atomic E-state index is 9.66. The Hall–Kier alpha value is -2.16. The minimum absolute atomic E-state index is 0.318. The molecule has 0 aliphatic heterocycles. The minimum atomic E-state index is 0.318. The number of aromatic hydroxyl groups is 1. The van der Waals surface area contributed by atoms with Gasteiger partial charge in [-0.15, -0.1) is 0 Å². The standard InChI is InChI=1S/C17H21NO2/c1-3-10-20-16-8-5-14(6-9-16)12-18-15-7-4-13(2)17(19)11-15/h4-9,11,18-19H,3,10,12H2,1-2H3. The van der Waals surface area contributed by atoms with Gasteiger partial charge in [0.1, 0.15) is 11.5 Å². The van der Waals surface area contributed by atoms with Gasteiger partial charge in [0.25, 0.3) is 0 Å². The molecule has 3 heteroatoms. The molecule has 0 bridgehead atoms. The van der Waals surface area contributed by atoms with Crippen LogP contribution in [-0.4, -0.2) is 11.7 Å². The average Bonchev–Trinajstić information content (AvgIpc) is 2.47. The van der Waals surface area contributed by atoms with Crippen LogP contribution in [0.5, 0.6) is 11.5 Å². The third-order valence-electron chi connectivity index (χ3n) is 3.10. The van der Waals surface area contributed by atoms with Crippen molar-refractivity contribution in [2.24, 2.45) is 0 Å². The molecule has 0 aliphatic rings. The summed E-state index contributed by atoms with van der Waals surface area (Å²) in [6, 6.07) is 13.7. The van der Waals surface area contributed by atoms with E-state index in [4.69, 9.17) is 4.74 Å². The van der Waals surface area contributed by atoms with Gasteiger partial charge in [0.15, 0.2) is 0 Å². The van der Waals surface area contributed by atoms with Crippen molar-refractivity contribution in [1.82, 2.24) is 0 Å². The van der Waals surface area contributed by atoms with Crippen LogP contribution in [0.15, 0.2) is 42.5 Å². The number of benzene rings is 2. The van der Waals surface area contributed by atoms with Crippen LogP contribution in [0.4, 0.5) is 5.69 Å². The molecule has 0 aliphatic carbocycles. The molecular formula is C17H21NO2. The molecule has 0 saturated carbocycles. The van der Waals surface area contributed by atoms with Crippen molar-refractivity contribution in [2.75, 3.05) is 11.9 Å². The highest BCUT2D eigenvalue weighted by molar-refractivity contribution is 5.51. The lowest BCUT2D eigenvalue weighted by atomic mass is 10.2. The topological polar surface area (TPSA) is 41.5 Å². The Kier molecular flexibility index (Phi) is 4.88. The largest absolute Gasteiger partial charge is 0.508 e. The van der Waals surface area contributed by atoms with Gasteiger partial charge in [-0.3, -0.25) is 0 Å². The zero-order chi connectivity index (χ0) is 14.4. The molecule has 2 N–H and O–H groups in total. The van der Waals surface area contributed by atoms with Gasteiger partial charge < -0.3 is 15.2 Å². The highest BCUT2D eigenvalue weighted by Crippen LogP contribution is 2.21. The summed E-state index contributed by atoms with van der Waals surface area (Å²) in [6.07, 6.45) is 1.01. The number of ether oxygens (including phenoxy) is 1. The second-order valence-corrected chi connectivity index (χ2v) is 4.85. The fourth-order valence-corrected chi connectivity index (χ4v) is 1.85. The fraction of sp³-hybridized carbons (Fsp3) is 0.294. The first-order valence-corrected chi connectivity index (χ1v) is 6.94. The van der Waals surface area contributed by atoms with Crippen molar-refractivity contribution in [3.05, 3.63) is 53.6 Å². The first-order chi connectivity index (χ1) is 9.69. The number of anilines is 1. The third-order valence-corrected chi connectivity index (χ3v) is 3.10. The monoisotopic (exact) mass is 271 g/mol. The van der Waals surface area contributed by atoms with E-state index in [9.17, 15) is 5.11 Å². The second kappa shape index (κ2) is 6.85. The van der Waals surface area contributed by atoms with Gasteiger partial charge in [-0.05, 0) is 42.7 Å². The van der Waals surface area contributed by atoms with E-state index in [0.29, 0.717) is 5.75 Å². The molecule has 0 spiro atoms. The quantitative estimate of drug-likeness (QED) is 0.831. The summed E-state index contributed by atoms with van der Waals surface area (Å²) in [5, 5.41) is 13.0. The van der Waals surface area contributed by atoms with E-state index in [-0.39, 0.29) is 0 Å². The predicted molar refractivity (Wildman–Crippen MR) is 82.4 cm³/mol. The van der Waals surface area contributed by atoms with Crippen molar-refractivity contribution in [3.8, 4) is 11.5 Å². The van der Waals surface area contributed by atoms with Crippen LogP contribution in [0.3, 0.4) is 0 Å². The Morgan fingerprint density at radius 2 is 1.85 bits per heavy atom. The summed E-state index contributed by atoms with van der Waals surface area (Å²) in [7, 11) is 0. The molecule has 0 aromatic heterocycles. The van der Waals surface area contributed by atoms with E-state index < -0.39 is 0 Å². The van der Waals surface area contributed by atoms with Crippen LogP contribution in [0.1, 0.15) is 24.5 Å². The van der Waals surface area contributed by atoms with Gasteiger partial charge in [-0.25, -0.2) is 0 Å². The summed E-state index contributed by atoms with van der Waals surface area (Å²) in [6.45, 7) is 5.44. The first-order valence-electron chi connectivity index (χ1n) is 6.94. The van der Waals surface area contributed by atoms with Crippen molar-refractivity contribution in [1.29, 1.82) is 0 Å². The number of aryl methyl sites for hydroxylation is 1. The van der Waals surface area contributed by atoms with Gasteiger partial charge >= 0.3 is 0 Å². The van der Waals surface area contributed by atoms with Gasteiger partial charge in [-0.2, -0.15) is 0 Å². The Labute approximate surface area is 120 Å². The SMILES string of the molecule is CCCOc1ccc(CNc2ccc(C)c(O)c2)cc1. The summed E-state index contributed by atoms with van der Waals surface area (Å²) >= 11 is 0. The third kappa shape index (κ3) is 3.92. The summed E-state index contributed by atoms with van der Waals surface area (Å²) < 4.78 is 5.55. The van der Waals surface area contributed by atoms with E-state index in [1.54, 1.807) is 6.07 Å². The molecule has 2 aromatic carbocycles. The molecule has 0 heterocycles. The molecule has 0 saturated heterocycles. The van der Waals surface area contributed by atoms with Gasteiger partial charge in [0.05, 0.1) is 6.61 Å². The molecule has 2 rings (SSSR count). The van der Waals surface area contributed by atoms with Gasteiger partial charge in [-0.1, -0.05) is 25.1 Å². The molecule has 0 radical (unpaired) electrons. The van der Waals surface area contributed by atoms with E-state index in [0.717, 1.165) is 36.6 Å². The molecule has 20 heavy (non-hydrogen) atoms. The van der Waals surface area contributed by atoms with Crippen molar-refractivity contribution < 1.29 is 9.84 Å². The van der Waals surface area contributed by atoms with Gasteiger partial charge in [0.2, 0.25) is 0 Å². The Bertz CT molecular complexity index is 549. The Balaban J connectivity index is 1.91. The molecule has 106 valence electrons. The maximum absolute atomic E-state index is 9.66. The van der Waals surface area contributed by atoms with Crippen LogP contribution in [0.25, 0.3) is 0 Å². The van der Waals surface area contributed by atoms with Crippen molar-refractivity contribution in [3.63, 3.8) is 0 Å². The average molecular weight is 271 g/mol. The van der Waals surface area contributed by atoms with Crippen molar-refractivity contribution >= 4 is 5.69 Å². The fourth-order valence-electron chi connectivity index (χ4n) is 1.85. The van der Waals surface area contributed by atoms with Crippen LogP contribution >= 0.6 is 0 Å². The number of hydrogen-bond donors (Lipinski definition) is 2. The predicted octanol–water partition coefficient (Wildman–Crippen LogP) is 4.10. The molecule has 3 nitrogen and oxygen atoms in total. The van der Waals surface area contributed by atoms with Crippen molar-refractivity contribution in [2.45, 2.75) is 26.8 Å². The van der Waals surface area contributed by atoms with E-state index in [2.05, 4.69) is 12.2 Å². The number of hydrogen-bond acceptors (Lipinski definition) is 3. The molecule has 2 aromatic rings. The Morgan fingerprint density at radius 1 is 1.10 bits per heavy atom. The van der Waals surface area contributed by atoms with Crippen LogP contribution in [0.2, 0.25) is 0 Å². The zero-order valence-electron chi connectivity index (χ0n) is 12.0. The second-order valence-electron chi connectivity index (χ2n) is 4.85. The number of phenolic OH excluding ortho intramolecular Hbond substituents is 1. The van der Waals surface area contributed by atoms with E-state index in [1.165, 1.54) is 5.56 Å². The minimum Gasteiger partial charge on any atom is -0.508 e. The Morgan fingerprint density at radius 3 is 2.50 bits per heavy atom.